The maximum atomic E-state index is 13.8. The largest absolute Gasteiger partial charge is 0.454 e. The minimum Gasteiger partial charge on any atom is -0.454 e. The molecule has 7 rings (SSSR count). The van der Waals surface area contributed by atoms with Gasteiger partial charge in [-0.3, -0.25) is 19.2 Å². The van der Waals surface area contributed by atoms with E-state index in [1.54, 1.807) is 66.7 Å². The number of rotatable bonds is 1. The third kappa shape index (κ3) is 2.55. The molecule has 0 aromatic heterocycles. The number of Topliss-reactive ketones (excluding diaryl/α,β-unsaturated/α-hetero) is 4. The predicted octanol–water partition coefficient (Wildman–Crippen LogP) is 4.20. The van der Waals surface area contributed by atoms with Gasteiger partial charge in [0.05, 0.1) is 11.1 Å². The fourth-order valence-corrected chi connectivity index (χ4v) is 5.14. The van der Waals surface area contributed by atoms with Crippen LogP contribution in [0.5, 0.6) is 11.5 Å². The Morgan fingerprint density at radius 3 is 1.60 bits per heavy atom. The maximum Gasteiger partial charge on any atom is 0.231 e. The topological polar surface area (TPSA) is 96.0 Å². The molecule has 0 unspecified atom stereocenters. The lowest BCUT2D eigenvalue weighted by Crippen LogP contribution is -2.36. The number of carbonyl (C=O) groups is 4. The molecule has 7 heteroatoms. The summed E-state index contributed by atoms with van der Waals surface area (Å²) in [4.78, 5) is 54.5. The van der Waals surface area contributed by atoms with Crippen molar-refractivity contribution in [1.29, 1.82) is 0 Å². The van der Waals surface area contributed by atoms with Crippen LogP contribution < -0.4 is 9.47 Å². The number of benzene rings is 3. The molecule has 7 nitrogen and oxygen atoms in total. The summed E-state index contributed by atoms with van der Waals surface area (Å²) in [5.41, 5.74) is 1.42. The van der Waals surface area contributed by atoms with Gasteiger partial charge in [0, 0.05) is 28.2 Å². The molecule has 0 bridgehead atoms. The molecule has 0 amide bonds. The number of fused-ring (bicyclic) bond motifs is 3. The molecule has 3 aromatic rings. The Hall–Kier alpha value is -4.78. The molecule has 0 fully saturated rings. The average molecular weight is 462 g/mol. The van der Waals surface area contributed by atoms with Gasteiger partial charge >= 0.3 is 0 Å². The maximum absolute atomic E-state index is 13.8. The van der Waals surface area contributed by atoms with Crippen LogP contribution in [-0.2, 0) is 4.74 Å². The molecule has 0 saturated carbocycles. The molecular weight excluding hydrogens is 448 g/mol. The minimum absolute atomic E-state index is 0.0341. The summed E-state index contributed by atoms with van der Waals surface area (Å²) in [6, 6.07) is 18.0. The Bertz CT molecular complexity index is 1530. The van der Waals surface area contributed by atoms with Crippen molar-refractivity contribution in [3.05, 3.63) is 117 Å². The molecule has 35 heavy (non-hydrogen) atoms. The van der Waals surface area contributed by atoms with E-state index < -0.39 is 29.1 Å². The molecule has 2 heterocycles. The molecular formula is C28H14O7. The van der Waals surface area contributed by atoms with Crippen molar-refractivity contribution in [2.45, 2.75) is 5.92 Å². The lowest BCUT2D eigenvalue weighted by molar-refractivity contribution is 0.0822. The highest BCUT2D eigenvalue weighted by Gasteiger charge is 2.49. The van der Waals surface area contributed by atoms with Gasteiger partial charge in [-0.15, -0.1) is 0 Å². The van der Waals surface area contributed by atoms with E-state index in [0.717, 1.165) is 0 Å². The van der Waals surface area contributed by atoms with Gasteiger partial charge in [-0.2, -0.15) is 0 Å². The Kier molecular flexibility index (Phi) is 3.86. The Labute approximate surface area is 198 Å². The fraction of sp³-hybridized carbons (Fsp3) is 0.0714. The third-order valence-electron chi connectivity index (χ3n) is 6.74. The van der Waals surface area contributed by atoms with Crippen LogP contribution in [0.1, 0.15) is 52.9 Å². The van der Waals surface area contributed by atoms with Crippen LogP contribution in [0.4, 0.5) is 0 Å². The number of ether oxygens (including phenoxy) is 3. The van der Waals surface area contributed by atoms with Crippen molar-refractivity contribution in [1.82, 2.24) is 0 Å². The summed E-state index contributed by atoms with van der Waals surface area (Å²) in [5, 5.41) is 0. The highest BCUT2D eigenvalue weighted by Crippen LogP contribution is 2.49. The summed E-state index contributed by atoms with van der Waals surface area (Å²) in [5.74, 6) is -2.35. The summed E-state index contributed by atoms with van der Waals surface area (Å²) >= 11 is 0. The molecule has 2 aliphatic heterocycles. The van der Waals surface area contributed by atoms with E-state index in [9.17, 15) is 19.2 Å². The first-order valence-corrected chi connectivity index (χ1v) is 11.0. The molecule has 2 aliphatic carbocycles. The van der Waals surface area contributed by atoms with Crippen LogP contribution in [0, 0.1) is 0 Å². The monoisotopic (exact) mass is 462 g/mol. The van der Waals surface area contributed by atoms with Crippen molar-refractivity contribution in [2.75, 3.05) is 6.79 Å². The Morgan fingerprint density at radius 2 is 1.06 bits per heavy atom. The van der Waals surface area contributed by atoms with Gasteiger partial charge < -0.3 is 14.2 Å². The van der Waals surface area contributed by atoms with E-state index in [0.29, 0.717) is 17.1 Å². The van der Waals surface area contributed by atoms with E-state index in [1.807, 2.05) is 0 Å². The highest BCUT2D eigenvalue weighted by molar-refractivity contribution is 6.32. The van der Waals surface area contributed by atoms with Crippen molar-refractivity contribution < 1.29 is 33.4 Å². The van der Waals surface area contributed by atoms with Gasteiger partial charge in [0.1, 0.15) is 0 Å². The van der Waals surface area contributed by atoms with Gasteiger partial charge in [-0.25, -0.2) is 0 Å². The molecule has 0 saturated heterocycles. The van der Waals surface area contributed by atoms with Crippen LogP contribution in [-0.4, -0.2) is 29.9 Å². The SMILES string of the molecule is O=C1C2=C(C(=O)c3ccccc31)C(c1ccc3c(c1)OCO3)C1=C(O2)C(=O)c2ccccc2C1=O. The predicted molar refractivity (Wildman–Crippen MR) is 121 cm³/mol. The third-order valence-corrected chi connectivity index (χ3v) is 6.74. The summed E-state index contributed by atoms with van der Waals surface area (Å²) in [6.07, 6.45) is 0. The van der Waals surface area contributed by atoms with Gasteiger partial charge in [-0.05, 0) is 17.7 Å². The van der Waals surface area contributed by atoms with Crippen LogP contribution in [0.25, 0.3) is 0 Å². The summed E-state index contributed by atoms with van der Waals surface area (Å²) in [7, 11) is 0. The number of ketones is 4. The molecule has 0 radical (unpaired) electrons. The highest BCUT2D eigenvalue weighted by atomic mass is 16.7. The first-order valence-electron chi connectivity index (χ1n) is 11.0. The zero-order chi connectivity index (χ0) is 23.8. The summed E-state index contributed by atoms with van der Waals surface area (Å²) < 4.78 is 16.8. The molecule has 168 valence electrons. The standard InChI is InChI=1S/C28H14O7/c29-23-14-5-1-3-7-16(14)25(31)27-21(23)20(13-9-10-18-19(11-13)34-12-33-18)22-24(30)15-6-2-4-8-17(15)26(32)28(22)35-27/h1-11,20H,12H2. The Balaban J connectivity index is 1.51. The van der Waals surface area contributed by atoms with Gasteiger partial charge in [-0.1, -0.05) is 54.6 Å². The quantitative estimate of drug-likeness (QED) is 0.535. The second-order valence-electron chi connectivity index (χ2n) is 8.54. The minimum atomic E-state index is -1.00. The average Bonchev–Trinajstić information content (AvgIpc) is 3.37. The van der Waals surface area contributed by atoms with Crippen molar-refractivity contribution in [3.63, 3.8) is 0 Å². The Morgan fingerprint density at radius 1 is 0.571 bits per heavy atom. The van der Waals surface area contributed by atoms with Crippen LogP contribution in [0.15, 0.2) is 89.4 Å². The normalized spacial score (nSPS) is 18.2. The van der Waals surface area contributed by atoms with E-state index in [4.69, 9.17) is 14.2 Å². The van der Waals surface area contributed by atoms with E-state index in [-0.39, 0.29) is 51.7 Å². The molecule has 4 aliphatic rings. The van der Waals surface area contributed by atoms with Crippen LogP contribution in [0.2, 0.25) is 0 Å². The fourth-order valence-electron chi connectivity index (χ4n) is 5.14. The van der Waals surface area contributed by atoms with E-state index in [1.165, 1.54) is 0 Å². The lowest BCUT2D eigenvalue weighted by atomic mass is 9.70. The number of hydrogen-bond acceptors (Lipinski definition) is 7. The number of carbonyl (C=O) groups excluding carboxylic acids is 4. The molecule has 3 aromatic carbocycles. The van der Waals surface area contributed by atoms with Crippen molar-refractivity contribution >= 4 is 23.1 Å². The first kappa shape index (κ1) is 19.7. The van der Waals surface area contributed by atoms with Gasteiger partial charge in [0.15, 0.2) is 34.6 Å². The molecule has 0 atom stereocenters. The molecule has 0 N–H and O–H groups in total. The van der Waals surface area contributed by atoms with Crippen molar-refractivity contribution in [2.24, 2.45) is 0 Å². The first-order chi connectivity index (χ1) is 17.0. The van der Waals surface area contributed by atoms with Gasteiger partial charge in [0.25, 0.3) is 0 Å². The van der Waals surface area contributed by atoms with Gasteiger partial charge in [0.2, 0.25) is 18.4 Å². The lowest BCUT2D eigenvalue weighted by Gasteiger charge is -2.35. The van der Waals surface area contributed by atoms with E-state index in [2.05, 4.69) is 0 Å². The van der Waals surface area contributed by atoms with Crippen molar-refractivity contribution in [3.8, 4) is 11.5 Å². The second-order valence-corrected chi connectivity index (χ2v) is 8.54. The smallest absolute Gasteiger partial charge is 0.231 e. The number of allylic oxidation sites excluding steroid dienone is 4. The number of hydrogen-bond donors (Lipinski definition) is 0. The van der Waals surface area contributed by atoms with E-state index >= 15 is 0 Å². The summed E-state index contributed by atoms with van der Waals surface area (Å²) in [6.45, 7) is 0.0457. The second kappa shape index (κ2) is 6.87. The molecule has 0 spiro atoms. The zero-order valence-electron chi connectivity index (χ0n) is 18.0. The zero-order valence-corrected chi connectivity index (χ0v) is 18.0. The van der Waals surface area contributed by atoms with Crippen LogP contribution in [0.3, 0.4) is 0 Å². The van der Waals surface area contributed by atoms with Crippen LogP contribution >= 0.6 is 0 Å².